The Labute approximate surface area is 296 Å². The molecule has 0 spiro atoms. The molecule has 1 aliphatic rings. The lowest BCUT2D eigenvalue weighted by atomic mass is 9.98. The maximum absolute atomic E-state index is 7.00. The number of aromatic nitrogens is 3. The van der Waals surface area contributed by atoms with Crippen LogP contribution in [-0.4, -0.2) is 83.1 Å². The second-order valence-corrected chi connectivity index (χ2v) is 11.7. The monoisotopic (exact) mass is 671 g/mol. The van der Waals surface area contributed by atoms with Gasteiger partial charge in [-0.3, -0.25) is 4.68 Å². The first kappa shape index (κ1) is 47.2. The predicted molar refractivity (Wildman–Crippen MR) is 210 cm³/mol. The minimum absolute atomic E-state index is 0.325. The van der Waals surface area contributed by atoms with Gasteiger partial charge in [0.15, 0.2) is 0 Å². The van der Waals surface area contributed by atoms with Crippen LogP contribution < -0.4 is 5.32 Å². The number of nitrogens with one attached hydrogen (secondary N) is 1. The number of nitrogens with zero attached hydrogens (tertiary/aromatic N) is 5. The van der Waals surface area contributed by atoms with Gasteiger partial charge in [0.1, 0.15) is 12.4 Å². The summed E-state index contributed by atoms with van der Waals surface area (Å²) in [5, 5.41) is 14.5. The van der Waals surface area contributed by atoms with Crippen LogP contribution in [0.25, 0.3) is 11.1 Å². The molecule has 1 saturated heterocycles. The zero-order valence-electron chi connectivity index (χ0n) is 33.1. The van der Waals surface area contributed by atoms with Crippen LogP contribution in [0.1, 0.15) is 106 Å². The first-order chi connectivity index (χ1) is 23.2. The number of aliphatic hydroxyl groups excluding tert-OH is 1. The van der Waals surface area contributed by atoms with Crippen molar-refractivity contribution in [3.05, 3.63) is 66.9 Å². The molecule has 3 rings (SSSR count). The van der Waals surface area contributed by atoms with Crippen LogP contribution >= 0.6 is 0 Å². The summed E-state index contributed by atoms with van der Waals surface area (Å²) in [6.45, 7) is 30.0. The molecule has 8 nitrogen and oxygen atoms in total. The smallest absolute Gasteiger partial charge is 0.132 e. The summed E-state index contributed by atoms with van der Waals surface area (Å²) in [6, 6.07) is 2.87. The number of ether oxygens (including phenoxy) is 1. The highest BCUT2D eigenvalue weighted by atomic mass is 16.5. The minimum atomic E-state index is 0.325. The van der Waals surface area contributed by atoms with Crippen LogP contribution in [0.5, 0.6) is 0 Å². The van der Waals surface area contributed by atoms with Crippen molar-refractivity contribution >= 4 is 5.82 Å². The second kappa shape index (κ2) is 30.1. The van der Waals surface area contributed by atoms with E-state index >= 15 is 0 Å². The molecule has 1 unspecified atom stereocenters. The normalized spacial score (nSPS) is 13.7. The fourth-order valence-corrected chi connectivity index (χ4v) is 5.60. The summed E-state index contributed by atoms with van der Waals surface area (Å²) < 4.78 is 7.92. The zero-order valence-corrected chi connectivity index (χ0v) is 33.1. The largest absolute Gasteiger partial charge is 0.493 e. The summed E-state index contributed by atoms with van der Waals surface area (Å²) in [7, 11) is 7.02. The van der Waals surface area contributed by atoms with E-state index in [1.807, 2.05) is 59.5 Å². The lowest BCUT2D eigenvalue weighted by Crippen LogP contribution is -2.43. The average Bonchev–Trinajstić information content (AvgIpc) is 3.56. The van der Waals surface area contributed by atoms with Crippen molar-refractivity contribution < 1.29 is 9.84 Å². The number of aliphatic hydroxyl groups is 1. The molecular weight excluding hydrogens is 596 g/mol. The van der Waals surface area contributed by atoms with Crippen LogP contribution in [0.2, 0.25) is 0 Å². The lowest BCUT2D eigenvalue weighted by molar-refractivity contribution is 0.131. The first-order valence-electron chi connectivity index (χ1n) is 18.3. The number of hydrogen-bond acceptors (Lipinski definition) is 7. The van der Waals surface area contributed by atoms with Gasteiger partial charge in [-0.25, -0.2) is 4.98 Å². The molecule has 0 aromatic carbocycles. The summed E-state index contributed by atoms with van der Waals surface area (Å²) >= 11 is 0. The van der Waals surface area contributed by atoms with Gasteiger partial charge in [0.05, 0.1) is 12.0 Å². The maximum Gasteiger partial charge on any atom is 0.132 e. The highest BCUT2D eigenvalue weighted by Crippen LogP contribution is 2.30. The van der Waals surface area contributed by atoms with Crippen molar-refractivity contribution in [2.24, 2.45) is 13.0 Å². The van der Waals surface area contributed by atoms with Gasteiger partial charge in [-0.1, -0.05) is 72.8 Å². The van der Waals surface area contributed by atoms with Gasteiger partial charge in [-0.15, -0.1) is 6.58 Å². The van der Waals surface area contributed by atoms with Gasteiger partial charge >= 0.3 is 0 Å². The number of piperidine rings is 1. The van der Waals surface area contributed by atoms with Crippen molar-refractivity contribution in [3.8, 4) is 11.1 Å². The second-order valence-electron chi connectivity index (χ2n) is 11.7. The Morgan fingerprint density at radius 2 is 1.75 bits per heavy atom. The Morgan fingerprint density at radius 3 is 2.23 bits per heavy atom. The third-order valence-electron chi connectivity index (χ3n) is 8.36. The van der Waals surface area contributed by atoms with E-state index in [4.69, 9.17) is 9.84 Å². The maximum atomic E-state index is 7.00. The molecule has 1 aliphatic heterocycles. The van der Waals surface area contributed by atoms with E-state index in [0.717, 1.165) is 60.7 Å². The molecule has 1 atom stereocenters. The minimum Gasteiger partial charge on any atom is -0.493 e. The SMILES string of the molecule is C=C(OCc1c(-c2cnn(C)c2)ccnc1NC)C(C)CCC/C(=C\CC)CC.C=CC.CC.CCN(CC)C1CCN(C)CC1.CO. The van der Waals surface area contributed by atoms with Crippen LogP contribution in [0.3, 0.4) is 0 Å². The quantitative estimate of drug-likeness (QED) is 0.144. The first-order valence-corrected chi connectivity index (χ1v) is 18.3. The summed E-state index contributed by atoms with van der Waals surface area (Å²) in [4.78, 5) is 9.48. The van der Waals surface area contributed by atoms with E-state index in [9.17, 15) is 0 Å². The molecule has 1 fully saturated rings. The molecule has 3 heterocycles. The van der Waals surface area contributed by atoms with Crippen molar-refractivity contribution in [2.45, 2.75) is 113 Å². The summed E-state index contributed by atoms with van der Waals surface area (Å²) in [5.74, 6) is 1.99. The molecular formula is C40H74N6O2. The lowest BCUT2D eigenvalue weighted by Gasteiger charge is -2.36. The molecule has 0 radical (unpaired) electrons. The van der Waals surface area contributed by atoms with Gasteiger partial charge in [0.2, 0.25) is 0 Å². The third-order valence-corrected chi connectivity index (χ3v) is 8.36. The van der Waals surface area contributed by atoms with Crippen LogP contribution in [0.4, 0.5) is 5.82 Å². The number of aryl methyl sites for hydroxylation is 1. The Kier molecular flexibility index (Phi) is 29.6. The summed E-state index contributed by atoms with van der Waals surface area (Å²) in [5.41, 5.74) is 4.71. The van der Waals surface area contributed by atoms with Crippen molar-refractivity contribution in [2.75, 3.05) is 52.7 Å². The fraction of sp³-hybridized carbons (Fsp3) is 0.650. The van der Waals surface area contributed by atoms with E-state index in [1.54, 1.807) is 16.3 Å². The molecule has 8 heteroatoms. The number of allylic oxidation sites excluding steroid dienone is 4. The topological polar surface area (TPSA) is 78.7 Å². The third kappa shape index (κ3) is 18.6. The van der Waals surface area contributed by atoms with E-state index in [2.05, 4.69) is 86.1 Å². The highest BCUT2D eigenvalue weighted by Gasteiger charge is 2.20. The fourth-order valence-electron chi connectivity index (χ4n) is 5.60. The number of hydrogen-bond donors (Lipinski definition) is 2. The molecule has 2 aromatic heterocycles. The van der Waals surface area contributed by atoms with E-state index < -0.39 is 0 Å². The average molecular weight is 671 g/mol. The molecule has 0 saturated carbocycles. The molecule has 0 aliphatic carbocycles. The Hall–Kier alpha value is -2.94. The molecule has 2 N–H and O–H groups in total. The van der Waals surface area contributed by atoms with Crippen molar-refractivity contribution in [3.63, 3.8) is 0 Å². The predicted octanol–water partition coefficient (Wildman–Crippen LogP) is 9.36. The van der Waals surface area contributed by atoms with Gasteiger partial charge in [-0.05, 0) is 96.7 Å². The van der Waals surface area contributed by atoms with Crippen molar-refractivity contribution in [1.29, 1.82) is 0 Å². The van der Waals surface area contributed by atoms with Crippen LogP contribution in [0.15, 0.2) is 61.3 Å². The highest BCUT2D eigenvalue weighted by molar-refractivity contribution is 5.70. The Morgan fingerprint density at radius 1 is 1.15 bits per heavy atom. The van der Waals surface area contributed by atoms with Crippen LogP contribution in [0, 0.1) is 5.92 Å². The van der Waals surface area contributed by atoms with E-state index in [1.165, 1.54) is 51.9 Å². The molecule has 276 valence electrons. The standard InChI is InChI=1S/C24H36N4O.C10H22N2.C3H6.C2H6.CH4O/c1-7-10-20(8-2)12-9-11-18(3)19(4)29-17-23-22(13-14-26-24(23)25-5)21-15-27-28(6)16-21;1-4-12(5-2)10-6-8-11(3)9-7-10;1-3-2;2*1-2/h10,13-16,18H,4,7-9,11-12,17H2,1-3,5-6H3,(H,25,26);10H,4-9H2,1-3H3;3H,1H2,2H3;1-2H3;2H,1H3/b20-10-;;;;. The Bertz CT molecular complexity index is 1100. The van der Waals surface area contributed by atoms with Crippen LogP contribution in [-0.2, 0) is 18.4 Å². The van der Waals surface area contributed by atoms with E-state index in [0.29, 0.717) is 12.5 Å². The van der Waals surface area contributed by atoms with Gasteiger partial charge < -0.3 is 25.0 Å². The number of rotatable bonds is 15. The number of likely N-dealkylation sites (tertiary alicyclic amines) is 1. The van der Waals surface area contributed by atoms with E-state index in [-0.39, 0.29) is 0 Å². The summed E-state index contributed by atoms with van der Waals surface area (Å²) in [6.07, 6.45) is 18.2. The number of pyridine rings is 1. The van der Waals surface area contributed by atoms with Gasteiger partial charge in [0.25, 0.3) is 0 Å². The molecule has 2 aromatic rings. The molecule has 0 amide bonds. The van der Waals surface area contributed by atoms with Crippen molar-refractivity contribution in [1.82, 2.24) is 24.6 Å². The van der Waals surface area contributed by atoms with Gasteiger partial charge in [0, 0.05) is 56.7 Å². The molecule has 0 bridgehead atoms. The molecule has 48 heavy (non-hydrogen) atoms. The zero-order chi connectivity index (χ0) is 36.9. The Balaban J connectivity index is 0. The van der Waals surface area contributed by atoms with Gasteiger partial charge in [-0.2, -0.15) is 5.10 Å². The number of anilines is 1.